The molecule has 0 bridgehead atoms. The van der Waals surface area contributed by atoms with Crippen LogP contribution in [-0.4, -0.2) is 36.6 Å². The minimum absolute atomic E-state index is 0.00653. The molecule has 84 valence electrons. The maximum atomic E-state index is 11.8. The summed E-state index contributed by atoms with van der Waals surface area (Å²) in [5, 5.41) is 0. The van der Waals surface area contributed by atoms with Crippen molar-refractivity contribution in [2.24, 2.45) is 0 Å². The molecule has 0 aromatic heterocycles. The second-order valence-corrected chi connectivity index (χ2v) is 4.08. The number of nitrogens with zero attached hydrogens (tertiary/aromatic N) is 1. The molecule has 0 aromatic rings. The van der Waals surface area contributed by atoms with Crippen LogP contribution in [0, 0.1) is 0 Å². The van der Waals surface area contributed by atoms with Crippen LogP contribution in [0.2, 0.25) is 0 Å². The molecule has 0 unspecified atom stereocenters. The maximum absolute atomic E-state index is 11.8. The summed E-state index contributed by atoms with van der Waals surface area (Å²) in [5.74, 6) is 0. The Kier molecular flexibility index (Phi) is 4.80. The van der Waals surface area contributed by atoms with E-state index in [-0.39, 0.29) is 13.0 Å². The summed E-state index contributed by atoms with van der Waals surface area (Å²) in [5.41, 5.74) is -0.587. The lowest BCUT2D eigenvalue weighted by Crippen LogP contribution is -2.35. The van der Waals surface area contributed by atoms with E-state index in [1.165, 1.54) is 7.05 Å². The van der Waals surface area contributed by atoms with Gasteiger partial charge in [0.05, 0.1) is 0 Å². The van der Waals surface area contributed by atoms with E-state index in [2.05, 4.69) is 0 Å². The highest BCUT2D eigenvalue weighted by Gasteiger charge is 2.19. The molecule has 1 amide bonds. The van der Waals surface area contributed by atoms with Gasteiger partial charge in [-0.25, -0.2) is 13.6 Å². The molecule has 0 radical (unpaired) electrons. The van der Waals surface area contributed by atoms with Crippen LogP contribution in [0.3, 0.4) is 0 Å². The van der Waals surface area contributed by atoms with Crippen molar-refractivity contribution in [3.05, 3.63) is 0 Å². The number of carbonyl (C=O) groups is 1. The first-order valence-electron chi connectivity index (χ1n) is 4.44. The summed E-state index contributed by atoms with van der Waals surface area (Å²) in [4.78, 5) is 12.4. The van der Waals surface area contributed by atoms with Crippen LogP contribution in [0.5, 0.6) is 0 Å². The average Bonchev–Trinajstić information content (AvgIpc) is 1.96. The van der Waals surface area contributed by atoms with Crippen molar-refractivity contribution in [1.82, 2.24) is 4.90 Å². The van der Waals surface area contributed by atoms with E-state index in [4.69, 9.17) is 4.74 Å². The zero-order valence-corrected chi connectivity index (χ0v) is 9.01. The van der Waals surface area contributed by atoms with Gasteiger partial charge in [0.15, 0.2) is 0 Å². The van der Waals surface area contributed by atoms with Gasteiger partial charge in [-0.05, 0) is 20.8 Å². The molecular weight excluding hydrogens is 192 g/mol. The third kappa shape index (κ3) is 6.62. The second kappa shape index (κ2) is 5.12. The van der Waals surface area contributed by atoms with Crippen LogP contribution >= 0.6 is 0 Å². The Balaban J connectivity index is 3.88. The lowest BCUT2D eigenvalue weighted by molar-refractivity contribution is 0.0263. The Morgan fingerprint density at radius 1 is 1.43 bits per heavy atom. The van der Waals surface area contributed by atoms with Crippen molar-refractivity contribution >= 4 is 6.09 Å². The van der Waals surface area contributed by atoms with Crippen molar-refractivity contribution < 1.29 is 18.3 Å². The first-order valence-corrected chi connectivity index (χ1v) is 4.44. The number of hydrogen-bond donors (Lipinski definition) is 0. The van der Waals surface area contributed by atoms with Crippen molar-refractivity contribution in [2.45, 2.75) is 39.2 Å². The third-order valence-electron chi connectivity index (χ3n) is 1.39. The summed E-state index contributed by atoms with van der Waals surface area (Å²) in [6, 6.07) is 0. The minimum Gasteiger partial charge on any atom is -0.444 e. The van der Waals surface area contributed by atoms with Gasteiger partial charge in [-0.3, -0.25) is 0 Å². The first-order chi connectivity index (χ1) is 6.22. The topological polar surface area (TPSA) is 29.5 Å². The van der Waals surface area contributed by atoms with Crippen molar-refractivity contribution in [3.8, 4) is 0 Å². The lowest BCUT2D eigenvalue weighted by Gasteiger charge is -2.24. The fourth-order valence-corrected chi connectivity index (χ4v) is 0.722. The first kappa shape index (κ1) is 13.1. The smallest absolute Gasteiger partial charge is 0.410 e. The number of alkyl halides is 2. The Hall–Kier alpha value is -0.870. The van der Waals surface area contributed by atoms with Crippen LogP contribution < -0.4 is 0 Å². The predicted octanol–water partition coefficient (Wildman–Crippen LogP) is 2.51. The van der Waals surface area contributed by atoms with E-state index in [0.29, 0.717) is 0 Å². The Labute approximate surface area is 83.0 Å². The maximum Gasteiger partial charge on any atom is 0.410 e. The van der Waals surface area contributed by atoms with E-state index in [9.17, 15) is 13.6 Å². The molecule has 0 aliphatic rings. The third-order valence-corrected chi connectivity index (χ3v) is 1.39. The molecule has 0 rings (SSSR count). The van der Waals surface area contributed by atoms with Crippen LogP contribution in [0.25, 0.3) is 0 Å². The lowest BCUT2D eigenvalue weighted by atomic mass is 10.2. The molecule has 0 aliphatic carbocycles. The second-order valence-electron chi connectivity index (χ2n) is 4.08. The Bertz CT molecular complexity index is 190. The molecular formula is C9H17F2NO2. The highest BCUT2D eigenvalue weighted by atomic mass is 19.3. The highest BCUT2D eigenvalue weighted by molar-refractivity contribution is 5.67. The number of ether oxygens (including phenoxy) is 1. The minimum atomic E-state index is -2.39. The standard InChI is InChI=1S/C9H17F2NO2/c1-9(2,3)14-8(13)12(4)6-5-7(10)11/h7H,5-6H2,1-4H3. The summed E-state index contributed by atoms with van der Waals surface area (Å²) in [7, 11) is 1.44. The molecule has 3 nitrogen and oxygen atoms in total. The SMILES string of the molecule is CN(CCC(F)F)C(=O)OC(C)(C)C. The number of rotatable bonds is 3. The highest BCUT2D eigenvalue weighted by Crippen LogP contribution is 2.09. The van der Waals surface area contributed by atoms with Crippen LogP contribution in [-0.2, 0) is 4.74 Å². The summed E-state index contributed by atoms with van der Waals surface area (Å²) in [6.45, 7) is 5.19. The normalized spacial score (nSPS) is 11.6. The molecule has 0 atom stereocenters. The quantitative estimate of drug-likeness (QED) is 0.714. The van der Waals surface area contributed by atoms with Crippen LogP contribution in [0.4, 0.5) is 13.6 Å². The van der Waals surface area contributed by atoms with E-state index in [1.54, 1.807) is 20.8 Å². The van der Waals surface area contributed by atoms with Gasteiger partial charge in [0.2, 0.25) is 6.43 Å². The van der Waals surface area contributed by atoms with Crippen molar-refractivity contribution in [2.75, 3.05) is 13.6 Å². The van der Waals surface area contributed by atoms with Gasteiger partial charge in [0.25, 0.3) is 0 Å². The van der Waals surface area contributed by atoms with Gasteiger partial charge in [0, 0.05) is 20.0 Å². The van der Waals surface area contributed by atoms with E-state index in [1.807, 2.05) is 0 Å². The largest absolute Gasteiger partial charge is 0.444 e. The average molecular weight is 209 g/mol. The number of hydrogen-bond acceptors (Lipinski definition) is 2. The summed E-state index contributed by atoms with van der Waals surface area (Å²) in [6.07, 6.45) is -3.28. The van der Waals surface area contributed by atoms with E-state index in [0.717, 1.165) is 4.90 Å². The van der Waals surface area contributed by atoms with Crippen LogP contribution in [0.1, 0.15) is 27.2 Å². The predicted molar refractivity (Wildman–Crippen MR) is 49.5 cm³/mol. The van der Waals surface area contributed by atoms with Crippen LogP contribution in [0.15, 0.2) is 0 Å². The molecule has 0 N–H and O–H groups in total. The van der Waals surface area contributed by atoms with Gasteiger partial charge in [-0.1, -0.05) is 0 Å². The molecule has 14 heavy (non-hydrogen) atoms. The van der Waals surface area contributed by atoms with E-state index < -0.39 is 18.1 Å². The zero-order chi connectivity index (χ0) is 11.4. The number of amides is 1. The molecule has 0 aromatic carbocycles. The van der Waals surface area contributed by atoms with Gasteiger partial charge in [-0.2, -0.15) is 0 Å². The Morgan fingerprint density at radius 3 is 2.29 bits per heavy atom. The Morgan fingerprint density at radius 2 is 1.93 bits per heavy atom. The molecule has 0 spiro atoms. The monoisotopic (exact) mass is 209 g/mol. The van der Waals surface area contributed by atoms with E-state index >= 15 is 0 Å². The van der Waals surface area contributed by atoms with Gasteiger partial charge >= 0.3 is 6.09 Å². The molecule has 5 heteroatoms. The molecule has 0 heterocycles. The zero-order valence-electron chi connectivity index (χ0n) is 9.01. The van der Waals surface area contributed by atoms with Crippen molar-refractivity contribution in [3.63, 3.8) is 0 Å². The summed E-state index contributed by atoms with van der Waals surface area (Å²) >= 11 is 0. The fraction of sp³-hybridized carbons (Fsp3) is 0.889. The molecule has 0 saturated heterocycles. The summed E-state index contributed by atoms with van der Waals surface area (Å²) < 4.78 is 28.6. The molecule has 0 saturated carbocycles. The molecule has 0 aliphatic heterocycles. The fourth-order valence-electron chi connectivity index (χ4n) is 0.722. The van der Waals surface area contributed by atoms with Gasteiger partial charge in [-0.15, -0.1) is 0 Å². The number of carbonyl (C=O) groups excluding carboxylic acids is 1. The van der Waals surface area contributed by atoms with Crippen molar-refractivity contribution in [1.29, 1.82) is 0 Å². The number of halogens is 2. The molecule has 0 fully saturated rings. The van der Waals surface area contributed by atoms with Gasteiger partial charge < -0.3 is 9.64 Å². The van der Waals surface area contributed by atoms with Gasteiger partial charge in [0.1, 0.15) is 5.60 Å².